The third-order valence-electron chi connectivity index (χ3n) is 6.34. The normalized spacial score (nSPS) is 21.8. The summed E-state index contributed by atoms with van der Waals surface area (Å²) in [4.78, 5) is 42.3. The third kappa shape index (κ3) is 5.77. The van der Waals surface area contributed by atoms with Crippen LogP contribution < -0.4 is 10.7 Å². The Kier molecular flexibility index (Phi) is 7.05. The van der Waals surface area contributed by atoms with Crippen LogP contribution in [0.2, 0.25) is 0 Å². The molecule has 174 valence electrons. The zero-order chi connectivity index (χ0) is 23.3. The van der Waals surface area contributed by atoms with Gasteiger partial charge in [-0.05, 0) is 30.9 Å². The van der Waals surface area contributed by atoms with Crippen LogP contribution in [0.5, 0.6) is 0 Å². The molecule has 1 atom stereocenters. The Bertz CT molecular complexity index is 976. The number of carbonyl (C=O) groups is 3. The fourth-order valence-electron chi connectivity index (χ4n) is 4.30. The number of hydrogen-bond donors (Lipinski definition) is 2. The molecule has 0 aliphatic carbocycles. The smallest absolute Gasteiger partial charge is 0.322 e. The first-order valence-corrected chi connectivity index (χ1v) is 11.4. The lowest BCUT2D eigenvalue weighted by Crippen LogP contribution is -2.53. The number of rotatable bonds is 8. The second-order valence-corrected chi connectivity index (χ2v) is 8.96. The average molecular weight is 450 g/mol. The van der Waals surface area contributed by atoms with Crippen molar-refractivity contribution in [1.29, 1.82) is 0 Å². The fraction of sp³-hybridized carbons (Fsp3) is 0.400. The minimum absolute atomic E-state index is 0.150. The molecule has 2 fully saturated rings. The van der Waals surface area contributed by atoms with Gasteiger partial charge >= 0.3 is 6.03 Å². The summed E-state index contributed by atoms with van der Waals surface area (Å²) in [5.41, 5.74) is 3.84. The molecule has 2 heterocycles. The molecule has 2 aromatic rings. The molecular formula is C25H31N5O3. The highest BCUT2D eigenvalue weighted by atomic mass is 16.2. The predicted molar refractivity (Wildman–Crippen MR) is 125 cm³/mol. The highest BCUT2D eigenvalue weighted by Gasteiger charge is 2.48. The minimum atomic E-state index is -1.04. The maximum absolute atomic E-state index is 12.9. The summed E-state index contributed by atoms with van der Waals surface area (Å²) in [5.74, 6) is -0.785. The van der Waals surface area contributed by atoms with Gasteiger partial charge in [-0.1, -0.05) is 60.7 Å². The van der Waals surface area contributed by atoms with Gasteiger partial charge in [0.25, 0.3) is 11.8 Å². The molecule has 2 aliphatic heterocycles. The van der Waals surface area contributed by atoms with Gasteiger partial charge in [0.05, 0.1) is 6.54 Å². The van der Waals surface area contributed by atoms with Crippen LogP contribution in [-0.4, -0.2) is 70.9 Å². The number of hydrazine groups is 1. The van der Waals surface area contributed by atoms with E-state index in [0.29, 0.717) is 12.8 Å². The van der Waals surface area contributed by atoms with E-state index in [1.54, 1.807) is 6.92 Å². The molecule has 2 N–H and O–H groups in total. The van der Waals surface area contributed by atoms with E-state index in [0.717, 1.165) is 43.3 Å². The summed E-state index contributed by atoms with van der Waals surface area (Å²) < 4.78 is 0. The molecule has 4 rings (SSSR count). The third-order valence-corrected chi connectivity index (χ3v) is 6.34. The van der Waals surface area contributed by atoms with Gasteiger partial charge in [0.15, 0.2) is 0 Å². The van der Waals surface area contributed by atoms with E-state index in [2.05, 4.69) is 27.8 Å². The lowest BCUT2D eigenvalue weighted by Gasteiger charge is -2.34. The number of nitrogens with one attached hydrogen (secondary N) is 2. The molecule has 2 aliphatic rings. The van der Waals surface area contributed by atoms with Crippen LogP contribution in [0.1, 0.15) is 24.5 Å². The molecule has 8 nitrogen and oxygen atoms in total. The van der Waals surface area contributed by atoms with E-state index >= 15 is 0 Å². The van der Waals surface area contributed by atoms with Crippen molar-refractivity contribution in [2.24, 2.45) is 0 Å². The zero-order valence-electron chi connectivity index (χ0n) is 19.0. The van der Waals surface area contributed by atoms with Crippen LogP contribution in [0, 0.1) is 0 Å². The van der Waals surface area contributed by atoms with E-state index in [-0.39, 0.29) is 12.5 Å². The average Bonchev–Trinajstić information content (AvgIpc) is 3.03. The summed E-state index contributed by atoms with van der Waals surface area (Å²) in [6.07, 6.45) is 1.11. The predicted octanol–water partition coefficient (Wildman–Crippen LogP) is 1.78. The SMILES string of the molecule is CC1(CCc2ccccc2)NC(=O)N(NC(=O)CN2CCN(Cc3ccccc3)CC2)C1=O. The highest BCUT2D eigenvalue weighted by molar-refractivity contribution is 6.07. The van der Waals surface area contributed by atoms with E-state index in [9.17, 15) is 14.4 Å². The van der Waals surface area contributed by atoms with Crippen LogP contribution in [0.25, 0.3) is 0 Å². The number of nitrogens with zero attached hydrogens (tertiary/aromatic N) is 3. The number of carbonyl (C=O) groups excluding carboxylic acids is 3. The van der Waals surface area contributed by atoms with Crippen LogP contribution in [-0.2, 0) is 22.6 Å². The molecule has 0 saturated carbocycles. The molecule has 4 amide bonds. The molecule has 0 bridgehead atoms. The van der Waals surface area contributed by atoms with Gasteiger partial charge < -0.3 is 5.32 Å². The second kappa shape index (κ2) is 10.1. The molecule has 1 unspecified atom stereocenters. The molecule has 0 aromatic heterocycles. The summed E-state index contributed by atoms with van der Waals surface area (Å²) in [7, 11) is 0. The van der Waals surface area contributed by atoms with Crippen molar-refractivity contribution in [3.8, 4) is 0 Å². The van der Waals surface area contributed by atoms with E-state index < -0.39 is 17.5 Å². The molecule has 0 spiro atoms. The maximum Gasteiger partial charge on any atom is 0.344 e. The summed E-state index contributed by atoms with van der Waals surface area (Å²) in [6.45, 7) is 5.99. The number of urea groups is 1. The Morgan fingerprint density at radius 2 is 1.48 bits per heavy atom. The number of aryl methyl sites for hydroxylation is 1. The Labute approximate surface area is 194 Å². The van der Waals surface area contributed by atoms with Gasteiger partial charge in [-0.2, -0.15) is 5.01 Å². The minimum Gasteiger partial charge on any atom is -0.322 e. The molecular weight excluding hydrogens is 418 g/mol. The molecule has 0 radical (unpaired) electrons. The van der Waals surface area contributed by atoms with Crippen molar-refractivity contribution in [2.75, 3.05) is 32.7 Å². The number of piperazine rings is 1. The standard InChI is InChI=1S/C25H31N5O3/c1-25(13-12-20-8-4-2-5-9-20)23(32)30(24(33)26-25)27-22(31)19-29-16-14-28(15-17-29)18-21-10-6-3-7-11-21/h2-11H,12-19H2,1H3,(H,26,33)(H,27,31). The van der Waals surface area contributed by atoms with E-state index in [1.807, 2.05) is 53.4 Å². The van der Waals surface area contributed by atoms with E-state index in [4.69, 9.17) is 0 Å². The Hall–Kier alpha value is -3.23. The van der Waals surface area contributed by atoms with Gasteiger partial charge in [-0.3, -0.25) is 24.8 Å². The molecule has 33 heavy (non-hydrogen) atoms. The van der Waals surface area contributed by atoms with Gasteiger partial charge in [-0.25, -0.2) is 4.79 Å². The summed E-state index contributed by atoms with van der Waals surface area (Å²) >= 11 is 0. The lowest BCUT2D eigenvalue weighted by atomic mass is 9.93. The highest BCUT2D eigenvalue weighted by Crippen LogP contribution is 2.22. The molecule has 2 aromatic carbocycles. The van der Waals surface area contributed by atoms with Gasteiger partial charge in [0.1, 0.15) is 5.54 Å². The zero-order valence-corrected chi connectivity index (χ0v) is 19.0. The largest absolute Gasteiger partial charge is 0.344 e. The number of hydrogen-bond acceptors (Lipinski definition) is 5. The van der Waals surface area contributed by atoms with Crippen molar-refractivity contribution in [2.45, 2.75) is 31.8 Å². The first-order valence-electron chi connectivity index (χ1n) is 11.4. The lowest BCUT2D eigenvalue weighted by molar-refractivity contribution is -0.139. The van der Waals surface area contributed by atoms with Crippen molar-refractivity contribution < 1.29 is 14.4 Å². The topological polar surface area (TPSA) is 85.0 Å². The van der Waals surface area contributed by atoms with Crippen LogP contribution >= 0.6 is 0 Å². The summed E-state index contributed by atoms with van der Waals surface area (Å²) in [6, 6.07) is 19.5. The number of imide groups is 1. The first-order chi connectivity index (χ1) is 15.9. The van der Waals surface area contributed by atoms with Crippen molar-refractivity contribution >= 4 is 17.8 Å². The van der Waals surface area contributed by atoms with Gasteiger partial charge in [0.2, 0.25) is 0 Å². The Morgan fingerprint density at radius 3 is 2.12 bits per heavy atom. The molecule has 2 saturated heterocycles. The van der Waals surface area contributed by atoms with Gasteiger partial charge in [0, 0.05) is 32.7 Å². The van der Waals surface area contributed by atoms with E-state index in [1.165, 1.54) is 5.56 Å². The number of benzene rings is 2. The Balaban J connectivity index is 1.24. The van der Waals surface area contributed by atoms with Gasteiger partial charge in [-0.15, -0.1) is 0 Å². The van der Waals surface area contributed by atoms with Crippen molar-refractivity contribution in [3.05, 3.63) is 71.8 Å². The maximum atomic E-state index is 12.9. The van der Waals surface area contributed by atoms with Crippen molar-refractivity contribution in [3.63, 3.8) is 0 Å². The Morgan fingerprint density at radius 1 is 0.909 bits per heavy atom. The van der Waals surface area contributed by atoms with Crippen LogP contribution in [0.4, 0.5) is 4.79 Å². The second-order valence-electron chi connectivity index (χ2n) is 8.96. The first kappa shape index (κ1) is 22.9. The quantitative estimate of drug-likeness (QED) is 0.600. The fourth-order valence-corrected chi connectivity index (χ4v) is 4.30. The van der Waals surface area contributed by atoms with Crippen LogP contribution in [0.3, 0.4) is 0 Å². The number of amides is 4. The monoisotopic (exact) mass is 449 g/mol. The van der Waals surface area contributed by atoms with Crippen molar-refractivity contribution in [1.82, 2.24) is 25.6 Å². The molecule has 8 heteroatoms. The summed E-state index contributed by atoms with van der Waals surface area (Å²) in [5, 5.41) is 3.57. The van der Waals surface area contributed by atoms with Crippen LogP contribution in [0.15, 0.2) is 60.7 Å².